The molecule has 0 unspecified atom stereocenters. The van der Waals surface area contributed by atoms with Gasteiger partial charge in [0.25, 0.3) is 5.91 Å². The van der Waals surface area contributed by atoms with E-state index in [1.807, 2.05) is 67.4 Å². The van der Waals surface area contributed by atoms with Crippen LogP contribution in [0.1, 0.15) is 34.0 Å². The molecule has 2 aromatic carbocycles. The van der Waals surface area contributed by atoms with Crippen LogP contribution in [0.2, 0.25) is 0 Å². The fourth-order valence-corrected chi connectivity index (χ4v) is 4.84. The molecule has 0 aromatic heterocycles. The lowest BCUT2D eigenvalue weighted by atomic mass is 9.99. The van der Waals surface area contributed by atoms with E-state index in [2.05, 4.69) is 20.3 Å². The summed E-state index contributed by atoms with van der Waals surface area (Å²) >= 11 is 1.96. The number of hydrazone groups is 1. The van der Waals surface area contributed by atoms with Gasteiger partial charge in [-0.25, -0.2) is 0 Å². The third-order valence-corrected chi connectivity index (χ3v) is 6.69. The van der Waals surface area contributed by atoms with Crippen molar-refractivity contribution in [1.29, 1.82) is 0 Å². The van der Waals surface area contributed by atoms with Crippen molar-refractivity contribution in [2.75, 3.05) is 49.6 Å². The second-order valence-corrected chi connectivity index (χ2v) is 9.36. The number of hydrogen-bond acceptors (Lipinski definition) is 7. The first kappa shape index (κ1) is 23.3. The standard InChI is InChI=1S/C25H30N4O3S/c1-2-32-24(30)18-28-10-9-21-15-23(8-7-22(21)17-28)27-25(31)20-5-3-19(4-6-20)16-26-29-11-13-33-14-12-29/h3-8,15-16H,2,9-14,17-18H2,1H3,(H,27,31). The molecule has 33 heavy (non-hydrogen) atoms. The number of esters is 1. The van der Waals surface area contributed by atoms with Gasteiger partial charge in [0.2, 0.25) is 0 Å². The second-order valence-electron chi connectivity index (χ2n) is 8.14. The SMILES string of the molecule is CCOC(=O)CN1CCc2cc(NC(=O)c3ccc(C=NN4CCSCC4)cc3)ccc2C1. The van der Waals surface area contributed by atoms with E-state index in [0.717, 1.165) is 48.8 Å². The van der Waals surface area contributed by atoms with Crippen LogP contribution in [0.5, 0.6) is 0 Å². The van der Waals surface area contributed by atoms with E-state index in [0.29, 0.717) is 25.3 Å². The highest BCUT2D eigenvalue weighted by Crippen LogP contribution is 2.23. The summed E-state index contributed by atoms with van der Waals surface area (Å²) in [6, 6.07) is 13.5. The number of carbonyl (C=O) groups is 2. The Morgan fingerprint density at radius 3 is 2.64 bits per heavy atom. The minimum Gasteiger partial charge on any atom is -0.465 e. The summed E-state index contributed by atoms with van der Waals surface area (Å²) < 4.78 is 5.05. The normalized spacial score (nSPS) is 16.5. The molecule has 0 radical (unpaired) electrons. The van der Waals surface area contributed by atoms with Crippen LogP contribution in [0.3, 0.4) is 0 Å². The van der Waals surface area contributed by atoms with Crippen molar-refractivity contribution in [3.05, 3.63) is 64.7 Å². The first-order valence-electron chi connectivity index (χ1n) is 11.4. The molecule has 174 valence electrons. The molecule has 1 N–H and O–H groups in total. The third kappa shape index (κ3) is 6.58. The summed E-state index contributed by atoms with van der Waals surface area (Å²) in [5, 5.41) is 9.62. The molecule has 1 amide bonds. The number of carbonyl (C=O) groups excluding carboxylic acids is 2. The smallest absolute Gasteiger partial charge is 0.320 e. The number of benzene rings is 2. The van der Waals surface area contributed by atoms with E-state index in [1.54, 1.807) is 0 Å². The molecular formula is C25H30N4O3S. The zero-order valence-corrected chi connectivity index (χ0v) is 19.8. The lowest BCUT2D eigenvalue weighted by molar-refractivity contribution is -0.144. The van der Waals surface area contributed by atoms with Crippen molar-refractivity contribution in [2.24, 2.45) is 5.10 Å². The fourth-order valence-electron chi connectivity index (χ4n) is 3.95. The van der Waals surface area contributed by atoms with Gasteiger partial charge in [0.15, 0.2) is 0 Å². The van der Waals surface area contributed by atoms with Gasteiger partial charge in [-0.05, 0) is 54.3 Å². The van der Waals surface area contributed by atoms with Crippen molar-refractivity contribution in [3.63, 3.8) is 0 Å². The largest absolute Gasteiger partial charge is 0.465 e. The van der Waals surface area contributed by atoms with E-state index < -0.39 is 0 Å². The highest BCUT2D eigenvalue weighted by atomic mass is 32.2. The van der Waals surface area contributed by atoms with Crippen molar-refractivity contribution >= 4 is 35.5 Å². The maximum atomic E-state index is 12.7. The molecule has 2 aromatic rings. The van der Waals surface area contributed by atoms with Crippen LogP contribution in [0.4, 0.5) is 5.69 Å². The van der Waals surface area contributed by atoms with Gasteiger partial charge >= 0.3 is 5.97 Å². The Morgan fingerprint density at radius 2 is 1.88 bits per heavy atom. The number of amides is 1. The van der Waals surface area contributed by atoms with Crippen LogP contribution in [0.25, 0.3) is 0 Å². The van der Waals surface area contributed by atoms with E-state index in [-0.39, 0.29) is 11.9 Å². The van der Waals surface area contributed by atoms with Crippen LogP contribution < -0.4 is 5.32 Å². The predicted octanol–water partition coefficient (Wildman–Crippen LogP) is 3.24. The molecule has 1 saturated heterocycles. The number of ether oxygens (including phenoxy) is 1. The van der Waals surface area contributed by atoms with Crippen LogP contribution in [-0.4, -0.2) is 72.3 Å². The molecule has 2 heterocycles. The lowest BCUT2D eigenvalue weighted by Crippen LogP contribution is -2.35. The third-order valence-electron chi connectivity index (χ3n) is 5.74. The molecule has 1 fully saturated rings. The van der Waals surface area contributed by atoms with Crippen LogP contribution >= 0.6 is 11.8 Å². The second kappa shape index (κ2) is 11.3. The summed E-state index contributed by atoms with van der Waals surface area (Å²) in [7, 11) is 0. The van der Waals surface area contributed by atoms with Crippen molar-refractivity contribution < 1.29 is 14.3 Å². The summed E-state index contributed by atoms with van der Waals surface area (Å²) in [5.41, 5.74) is 4.76. The van der Waals surface area contributed by atoms with Gasteiger partial charge in [-0.15, -0.1) is 0 Å². The molecular weight excluding hydrogens is 436 g/mol. The molecule has 0 atom stereocenters. The van der Waals surface area contributed by atoms with Gasteiger partial charge in [0.1, 0.15) is 0 Å². The Balaban J connectivity index is 1.32. The highest BCUT2D eigenvalue weighted by Gasteiger charge is 2.19. The number of rotatable bonds is 7. The fraction of sp³-hybridized carbons (Fsp3) is 0.400. The van der Waals surface area contributed by atoms with Gasteiger partial charge in [-0.3, -0.25) is 19.5 Å². The number of nitrogens with zero attached hydrogens (tertiary/aromatic N) is 3. The molecule has 7 nitrogen and oxygen atoms in total. The predicted molar refractivity (Wildman–Crippen MR) is 133 cm³/mol. The van der Waals surface area contributed by atoms with E-state index in [1.165, 1.54) is 11.1 Å². The average Bonchev–Trinajstić information content (AvgIpc) is 2.84. The first-order chi connectivity index (χ1) is 16.1. The number of thioether (sulfide) groups is 1. The lowest BCUT2D eigenvalue weighted by Gasteiger charge is -2.28. The molecule has 0 bridgehead atoms. The number of nitrogens with one attached hydrogen (secondary N) is 1. The van der Waals surface area contributed by atoms with Crippen LogP contribution in [-0.2, 0) is 22.5 Å². The minimum absolute atomic E-state index is 0.133. The number of fused-ring (bicyclic) bond motifs is 1. The Kier molecular flexibility index (Phi) is 8.01. The molecule has 4 rings (SSSR count). The molecule has 8 heteroatoms. The van der Waals surface area contributed by atoms with Gasteiger partial charge in [0, 0.05) is 48.9 Å². The molecule has 2 aliphatic rings. The maximum Gasteiger partial charge on any atom is 0.320 e. The zero-order chi connectivity index (χ0) is 23.0. The van der Waals surface area contributed by atoms with Gasteiger partial charge < -0.3 is 10.1 Å². The Morgan fingerprint density at radius 1 is 1.09 bits per heavy atom. The van der Waals surface area contributed by atoms with E-state index >= 15 is 0 Å². The van der Waals surface area contributed by atoms with Gasteiger partial charge in [-0.1, -0.05) is 18.2 Å². The van der Waals surface area contributed by atoms with Crippen molar-refractivity contribution in [2.45, 2.75) is 19.9 Å². The summed E-state index contributed by atoms with van der Waals surface area (Å²) in [6.07, 6.45) is 2.69. The quantitative estimate of drug-likeness (QED) is 0.499. The highest BCUT2D eigenvalue weighted by molar-refractivity contribution is 7.99. The van der Waals surface area contributed by atoms with Crippen molar-refractivity contribution in [3.8, 4) is 0 Å². The molecule has 0 aliphatic carbocycles. The molecule has 0 saturated carbocycles. The molecule has 2 aliphatic heterocycles. The first-order valence-corrected chi connectivity index (χ1v) is 12.5. The Labute approximate surface area is 199 Å². The number of anilines is 1. The van der Waals surface area contributed by atoms with Crippen LogP contribution in [0.15, 0.2) is 47.6 Å². The Bertz CT molecular complexity index is 1000. The zero-order valence-electron chi connectivity index (χ0n) is 19.0. The topological polar surface area (TPSA) is 74.2 Å². The summed E-state index contributed by atoms with van der Waals surface area (Å²) in [6.45, 7) is 5.99. The average molecular weight is 467 g/mol. The van der Waals surface area contributed by atoms with Crippen molar-refractivity contribution in [1.82, 2.24) is 9.91 Å². The maximum absolute atomic E-state index is 12.7. The van der Waals surface area contributed by atoms with E-state index in [9.17, 15) is 9.59 Å². The Hall–Kier alpha value is -2.84. The number of hydrogen-bond donors (Lipinski definition) is 1. The van der Waals surface area contributed by atoms with Crippen LogP contribution in [0, 0.1) is 0 Å². The van der Waals surface area contributed by atoms with Gasteiger partial charge in [0.05, 0.1) is 19.4 Å². The van der Waals surface area contributed by atoms with E-state index in [4.69, 9.17) is 4.74 Å². The summed E-state index contributed by atoms with van der Waals surface area (Å²) in [5.74, 6) is 1.91. The summed E-state index contributed by atoms with van der Waals surface area (Å²) in [4.78, 5) is 26.6. The molecule has 0 spiro atoms. The monoisotopic (exact) mass is 466 g/mol. The van der Waals surface area contributed by atoms with Gasteiger partial charge in [-0.2, -0.15) is 16.9 Å². The minimum atomic E-state index is -0.187.